The predicted octanol–water partition coefficient (Wildman–Crippen LogP) is 2.51. The molecule has 1 aromatic carbocycles. The number of carbonyl (C=O) groups is 2. The Bertz CT molecular complexity index is 573. The number of rotatable bonds is 5. The van der Waals surface area contributed by atoms with Crippen molar-refractivity contribution >= 4 is 23.5 Å². The minimum atomic E-state index is -0.391. The van der Waals surface area contributed by atoms with Gasteiger partial charge in [-0.3, -0.25) is 10.1 Å². The van der Waals surface area contributed by atoms with Gasteiger partial charge in [0.1, 0.15) is 6.04 Å². The number of imide groups is 1. The quantitative estimate of drug-likeness (QED) is 0.761. The van der Waals surface area contributed by atoms with Gasteiger partial charge in [0.15, 0.2) is 6.04 Å². The lowest BCUT2D eigenvalue weighted by Crippen LogP contribution is -2.92. The molecule has 0 aliphatic heterocycles. The second-order valence-electron chi connectivity index (χ2n) is 6.59. The van der Waals surface area contributed by atoms with E-state index in [9.17, 15) is 9.59 Å². The third-order valence-corrected chi connectivity index (χ3v) is 4.91. The zero-order valence-corrected chi connectivity index (χ0v) is 15.1. The van der Waals surface area contributed by atoms with Crippen LogP contribution in [0.4, 0.5) is 4.79 Å². The number of urea groups is 1. The maximum atomic E-state index is 12.2. The summed E-state index contributed by atoms with van der Waals surface area (Å²) in [5, 5.41) is 7.93. The number of nitrogens with one attached hydrogen (secondary N) is 2. The minimum Gasteiger partial charge on any atom is -0.335 e. The fourth-order valence-electron chi connectivity index (χ4n) is 3.16. The molecule has 1 fully saturated rings. The van der Waals surface area contributed by atoms with E-state index in [0.717, 1.165) is 31.2 Å². The fourth-order valence-corrected chi connectivity index (χ4v) is 3.47. The molecule has 5 nitrogen and oxygen atoms in total. The van der Waals surface area contributed by atoms with Crippen LogP contribution in [0.1, 0.15) is 57.6 Å². The monoisotopic (exact) mass is 352 g/mol. The van der Waals surface area contributed by atoms with E-state index in [2.05, 4.69) is 10.6 Å². The lowest BCUT2D eigenvalue weighted by atomic mass is 9.96. The fraction of sp³-hybridized carbons (Fsp3) is 0.556. The highest BCUT2D eigenvalue weighted by Crippen LogP contribution is 2.19. The average molecular weight is 353 g/mol. The second kappa shape index (κ2) is 9.04. The number of hydrogen-bond acceptors (Lipinski definition) is 2. The van der Waals surface area contributed by atoms with Crippen LogP contribution < -0.4 is 16.0 Å². The van der Waals surface area contributed by atoms with Gasteiger partial charge in [0.25, 0.3) is 5.91 Å². The van der Waals surface area contributed by atoms with Gasteiger partial charge in [-0.2, -0.15) is 0 Å². The zero-order chi connectivity index (χ0) is 17.5. The van der Waals surface area contributed by atoms with Crippen LogP contribution in [-0.2, 0) is 4.79 Å². The molecule has 6 heteroatoms. The first-order valence-corrected chi connectivity index (χ1v) is 9.06. The standard InChI is InChI=1S/C18H26ClN3O2/c1-12(15-10-6-7-11-16(15)19)20-13(2)17(23)22-18(24)21-14-8-4-3-5-9-14/h6-7,10-14,20H,3-5,8-9H2,1-2H3,(H2,21,22,23,24)/p+1/t12-,13+/m0/s1. The van der Waals surface area contributed by atoms with Crippen molar-refractivity contribution in [1.29, 1.82) is 0 Å². The van der Waals surface area contributed by atoms with Gasteiger partial charge in [-0.05, 0) is 32.8 Å². The minimum absolute atomic E-state index is 0.0286. The first-order chi connectivity index (χ1) is 11.5. The van der Waals surface area contributed by atoms with Crippen LogP contribution in [0.5, 0.6) is 0 Å². The zero-order valence-electron chi connectivity index (χ0n) is 14.3. The SMILES string of the molecule is C[C@H]([NH2+][C@H](C)C(=O)NC(=O)NC1CCCCC1)c1ccccc1Cl. The molecule has 0 radical (unpaired) electrons. The maximum absolute atomic E-state index is 12.2. The summed E-state index contributed by atoms with van der Waals surface area (Å²) in [5.74, 6) is -0.290. The largest absolute Gasteiger partial charge is 0.335 e. The molecule has 1 aliphatic carbocycles. The van der Waals surface area contributed by atoms with E-state index in [1.165, 1.54) is 6.42 Å². The van der Waals surface area contributed by atoms with Gasteiger partial charge in [0.05, 0.1) is 0 Å². The summed E-state index contributed by atoms with van der Waals surface area (Å²) in [5.41, 5.74) is 0.977. The molecule has 1 aromatic rings. The van der Waals surface area contributed by atoms with Gasteiger partial charge < -0.3 is 10.6 Å². The number of hydrogen-bond donors (Lipinski definition) is 3. The van der Waals surface area contributed by atoms with Crippen molar-refractivity contribution in [2.75, 3.05) is 0 Å². The van der Waals surface area contributed by atoms with Crippen molar-refractivity contribution < 1.29 is 14.9 Å². The highest BCUT2D eigenvalue weighted by Gasteiger charge is 2.24. The van der Waals surface area contributed by atoms with E-state index >= 15 is 0 Å². The molecule has 3 amide bonds. The first-order valence-electron chi connectivity index (χ1n) is 8.68. The summed E-state index contributed by atoms with van der Waals surface area (Å²) in [6.45, 7) is 3.78. The average Bonchev–Trinajstić information content (AvgIpc) is 2.55. The normalized spacial score (nSPS) is 17.8. The molecular weight excluding hydrogens is 326 g/mol. The number of quaternary nitrogens is 1. The maximum Gasteiger partial charge on any atom is 0.321 e. The van der Waals surface area contributed by atoms with Crippen LogP contribution in [0.3, 0.4) is 0 Å². The van der Waals surface area contributed by atoms with Crippen LogP contribution in [0.15, 0.2) is 24.3 Å². The number of halogens is 1. The summed E-state index contributed by atoms with van der Waals surface area (Å²) in [6.07, 6.45) is 5.49. The van der Waals surface area contributed by atoms with Gasteiger partial charge in [-0.25, -0.2) is 4.79 Å². The Kier molecular flexibility index (Phi) is 7.06. The van der Waals surface area contributed by atoms with E-state index in [1.54, 1.807) is 6.92 Å². The van der Waals surface area contributed by atoms with Crippen LogP contribution in [0.25, 0.3) is 0 Å². The summed E-state index contributed by atoms with van der Waals surface area (Å²) >= 11 is 6.19. The third-order valence-electron chi connectivity index (χ3n) is 4.56. The van der Waals surface area contributed by atoms with Gasteiger partial charge in [-0.1, -0.05) is 49.1 Å². The van der Waals surface area contributed by atoms with Crippen LogP contribution in [0, 0.1) is 0 Å². The molecule has 0 unspecified atom stereocenters. The number of benzene rings is 1. The molecule has 0 heterocycles. The molecule has 132 valence electrons. The van der Waals surface area contributed by atoms with Crippen LogP contribution in [-0.4, -0.2) is 24.0 Å². The van der Waals surface area contributed by atoms with Crippen LogP contribution in [0.2, 0.25) is 5.02 Å². The Morgan fingerprint density at radius 3 is 2.50 bits per heavy atom. The highest BCUT2D eigenvalue weighted by molar-refractivity contribution is 6.31. The van der Waals surface area contributed by atoms with Crippen molar-refractivity contribution in [2.24, 2.45) is 0 Å². The topological polar surface area (TPSA) is 74.8 Å². The predicted molar refractivity (Wildman–Crippen MR) is 94.8 cm³/mol. The molecule has 2 rings (SSSR count). The van der Waals surface area contributed by atoms with Gasteiger partial charge in [-0.15, -0.1) is 0 Å². The molecule has 0 spiro atoms. The number of nitrogens with two attached hydrogens (primary N) is 1. The summed E-state index contributed by atoms with van der Waals surface area (Å²) in [6, 6.07) is 7.03. The molecule has 24 heavy (non-hydrogen) atoms. The number of carbonyl (C=O) groups excluding carboxylic acids is 2. The van der Waals surface area contributed by atoms with Crippen molar-refractivity contribution in [3.8, 4) is 0 Å². The number of amides is 3. The molecule has 2 atom stereocenters. The molecule has 0 bridgehead atoms. The Labute approximate surface area is 148 Å². The molecule has 1 saturated carbocycles. The third kappa shape index (κ3) is 5.49. The van der Waals surface area contributed by atoms with E-state index in [-0.39, 0.29) is 24.0 Å². The van der Waals surface area contributed by atoms with Gasteiger partial charge in [0, 0.05) is 16.6 Å². The Hall–Kier alpha value is -1.59. The van der Waals surface area contributed by atoms with Gasteiger partial charge in [0.2, 0.25) is 0 Å². The highest BCUT2D eigenvalue weighted by atomic mass is 35.5. The van der Waals surface area contributed by atoms with Crippen LogP contribution >= 0.6 is 11.6 Å². The lowest BCUT2D eigenvalue weighted by Gasteiger charge is -2.23. The molecule has 1 aliphatic rings. The lowest BCUT2D eigenvalue weighted by molar-refractivity contribution is -0.710. The summed E-state index contributed by atoms with van der Waals surface area (Å²) < 4.78 is 0. The van der Waals surface area contributed by atoms with Gasteiger partial charge >= 0.3 is 6.03 Å². The summed E-state index contributed by atoms with van der Waals surface area (Å²) in [4.78, 5) is 24.2. The Morgan fingerprint density at radius 1 is 1.17 bits per heavy atom. The molecule has 0 saturated heterocycles. The first kappa shape index (κ1) is 18.7. The molecule has 0 aromatic heterocycles. The molecule has 4 N–H and O–H groups in total. The Morgan fingerprint density at radius 2 is 1.83 bits per heavy atom. The van der Waals surface area contributed by atoms with E-state index in [1.807, 2.05) is 36.5 Å². The smallest absolute Gasteiger partial charge is 0.321 e. The summed E-state index contributed by atoms with van der Waals surface area (Å²) in [7, 11) is 0. The van der Waals surface area contributed by atoms with Crippen molar-refractivity contribution in [2.45, 2.75) is 64.1 Å². The van der Waals surface area contributed by atoms with E-state index < -0.39 is 6.03 Å². The molecular formula is C18H27ClN3O2+. The van der Waals surface area contributed by atoms with Crippen molar-refractivity contribution in [3.63, 3.8) is 0 Å². The van der Waals surface area contributed by atoms with E-state index in [0.29, 0.717) is 5.02 Å². The van der Waals surface area contributed by atoms with Crippen molar-refractivity contribution in [3.05, 3.63) is 34.9 Å². The van der Waals surface area contributed by atoms with Crippen molar-refractivity contribution in [1.82, 2.24) is 10.6 Å². The second-order valence-corrected chi connectivity index (χ2v) is 7.00. The van der Waals surface area contributed by atoms with E-state index in [4.69, 9.17) is 11.6 Å². The Balaban J connectivity index is 1.81.